The van der Waals surface area contributed by atoms with Gasteiger partial charge >= 0.3 is 6.18 Å². The van der Waals surface area contributed by atoms with Crippen molar-refractivity contribution in [3.05, 3.63) is 24.3 Å². The van der Waals surface area contributed by atoms with E-state index in [4.69, 9.17) is 9.47 Å². The van der Waals surface area contributed by atoms with E-state index in [0.717, 1.165) is 32.4 Å². The molecule has 2 N–H and O–H groups in total. The quantitative estimate of drug-likeness (QED) is 0.709. The maximum absolute atomic E-state index is 12.2. The number of ether oxygens (including phenoxy) is 2. The molecule has 0 bridgehead atoms. The van der Waals surface area contributed by atoms with Crippen molar-refractivity contribution >= 4 is 18.3 Å². The second-order valence-corrected chi connectivity index (χ2v) is 5.99. The van der Waals surface area contributed by atoms with E-state index in [9.17, 15) is 18.0 Å². The third-order valence-corrected chi connectivity index (χ3v) is 3.87. The molecule has 148 valence electrons. The molecule has 1 atom stereocenters. The fraction of sp³-hybridized carbons (Fsp3) is 0.588. The van der Waals surface area contributed by atoms with E-state index in [1.54, 1.807) is 6.07 Å². The molecule has 5 nitrogen and oxygen atoms in total. The lowest BCUT2D eigenvalue weighted by molar-refractivity contribution is -0.153. The topological polar surface area (TPSA) is 59.6 Å². The molecule has 1 aliphatic heterocycles. The number of benzene rings is 1. The van der Waals surface area contributed by atoms with Crippen LogP contribution >= 0.6 is 12.4 Å². The minimum atomic E-state index is -4.43. The summed E-state index contributed by atoms with van der Waals surface area (Å²) in [5, 5.41) is 6.08. The smallest absolute Gasteiger partial charge is 0.422 e. The fourth-order valence-corrected chi connectivity index (χ4v) is 2.63. The molecule has 0 saturated carbocycles. The van der Waals surface area contributed by atoms with Crippen LogP contribution in [-0.2, 0) is 4.79 Å². The molecular weight excluding hydrogens is 373 g/mol. The van der Waals surface area contributed by atoms with Gasteiger partial charge in [-0.15, -0.1) is 12.4 Å². The van der Waals surface area contributed by atoms with Gasteiger partial charge in [0, 0.05) is 6.54 Å². The SMILES string of the molecule is Cl.O=C(COc1ccccc1OCC(F)(F)F)NCCC1CCCNC1. The molecule has 2 rings (SSSR count). The molecule has 0 radical (unpaired) electrons. The van der Waals surface area contributed by atoms with Gasteiger partial charge in [0.2, 0.25) is 0 Å². The molecule has 1 saturated heterocycles. The van der Waals surface area contributed by atoms with Crippen LogP contribution in [0, 0.1) is 5.92 Å². The molecule has 0 aliphatic carbocycles. The van der Waals surface area contributed by atoms with Gasteiger partial charge in [0.05, 0.1) is 0 Å². The monoisotopic (exact) mass is 396 g/mol. The van der Waals surface area contributed by atoms with Gasteiger partial charge in [-0.3, -0.25) is 4.79 Å². The second-order valence-electron chi connectivity index (χ2n) is 5.99. The Morgan fingerprint density at radius 3 is 2.54 bits per heavy atom. The average Bonchev–Trinajstić information content (AvgIpc) is 2.59. The van der Waals surface area contributed by atoms with Crippen LogP contribution in [0.25, 0.3) is 0 Å². The van der Waals surface area contributed by atoms with Gasteiger partial charge in [0.15, 0.2) is 24.7 Å². The van der Waals surface area contributed by atoms with E-state index in [-0.39, 0.29) is 36.4 Å². The van der Waals surface area contributed by atoms with E-state index in [0.29, 0.717) is 12.5 Å². The van der Waals surface area contributed by atoms with Crippen LogP contribution in [0.5, 0.6) is 11.5 Å². The first-order chi connectivity index (χ1) is 11.9. The number of alkyl halides is 3. The zero-order valence-corrected chi connectivity index (χ0v) is 15.1. The third-order valence-electron chi connectivity index (χ3n) is 3.87. The van der Waals surface area contributed by atoms with Crippen LogP contribution in [0.4, 0.5) is 13.2 Å². The Kier molecular flexibility index (Phi) is 9.58. The molecular formula is C17H24ClF3N2O3. The lowest BCUT2D eigenvalue weighted by atomic mass is 9.96. The Labute approximate surface area is 157 Å². The summed E-state index contributed by atoms with van der Waals surface area (Å²) in [5.41, 5.74) is 0. The van der Waals surface area contributed by atoms with Crippen molar-refractivity contribution in [2.75, 3.05) is 32.8 Å². The molecule has 1 aromatic rings. The average molecular weight is 397 g/mol. The molecule has 1 fully saturated rings. The summed E-state index contributed by atoms with van der Waals surface area (Å²) in [7, 11) is 0. The van der Waals surface area contributed by atoms with Crippen molar-refractivity contribution in [2.24, 2.45) is 5.92 Å². The number of carbonyl (C=O) groups is 1. The maximum atomic E-state index is 12.2. The maximum Gasteiger partial charge on any atom is 0.422 e. The largest absolute Gasteiger partial charge is 0.480 e. The zero-order valence-electron chi connectivity index (χ0n) is 14.3. The van der Waals surface area contributed by atoms with Gasteiger partial charge in [-0.05, 0) is 50.4 Å². The van der Waals surface area contributed by atoms with Crippen LogP contribution in [0.3, 0.4) is 0 Å². The van der Waals surface area contributed by atoms with Gasteiger partial charge in [0.1, 0.15) is 0 Å². The molecule has 1 aromatic carbocycles. The number of halogens is 4. The van der Waals surface area contributed by atoms with Crippen LogP contribution in [0.15, 0.2) is 24.3 Å². The highest BCUT2D eigenvalue weighted by Gasteiger charge is 2.29. The van der Waals surface area contributed by atoms with Crippen LogP contribution in [-0.4, -0.2) is 44.9 Å². The van der Waals surface area contributed by atoms with Gasteiger partial charge in [-0.25, -0.2) is 0 Å². The van der Waals surface area contributed by atoms with Gasteiger partial charge < -0.3 is 20.1 Å². The van der Waals surface area contributed by atoms with Crippen LogP contribution < -0.4 is 20.1 Å². The number of hydrogen-bond donors (Lipinski definition) is 2. The lowest BCUT2D eigenvalue weighted by Gasteiger charge is -2.22. The fourth-order valence-electron chi connectivity index (χ4n) is 2.63. The molecule has 1 heterocycles. The second kappa shape index (κ2) is 11.1. The summed E-state index contributed by atoms with van der Waals surface area (Å²) in [4.78, 5) is 11.8. The predicted octanol–water partition coefficient (Wildman–Crippen LogP) is 2.93. The summed E-state index contributed by atoms with van der Waals surface area (Å²) >= 11 is 0. The zero-order chi connectivity index (χ0) is 18.1. The Hall–Kier alpha value is -1.67. The van der Waals surface area contributed by atoms with Crippen LogP contribution in [0.1, 0.15) is 19.3 Å². The van der Waals surface area contributed by atoms with E-state index in [1.165, 1.54) is 18.2 Å². The first-order valence-electron chi connectivity index (χ1n) is 8.33. The van der Waals surface area contributed by atoms with Crippen LogP contribution in [0.2, 0.25) is 0 Å². The van der Waals surface area contributed by atoms with E-state index in [2.05, 4.69) is 10.6 Å². The van der Waals surface area contributed by atoms with Gasteiger partial charge in [-0.1, -0.05) is 12.1 Å². The normalized spacial score (nSPS) is 17.1. The summed E-state index contributed by atoms with van der Waals surface area (Å²) < 4.78 is 46.7. The van der Waals surface area contributed by atoms with E-state index >= 15 is 0 Å². The van der Waals surface area contributed by atoms with Crippen molar-refractivity contribution < 1.29 is 27.4 Å². The molecule has 1 aliphatic rings. The number of hydrogen-bond acceptors (Lipinski definition) is 4. The Bertz CT molecular complexity index is 552. The molecule has 0 aromatic heterocycles. The number of nitrogens with one attached hydrogen (secondary N) is 2. The number of amides is 1. The summed E-state index contributed by atoms with van der Waals surface area (Å²) in [5.74, 6) is 0.320. The molecule has 9 heteroatoms. The first kappa shape index (κ1) is 22.4. The summed E-state index contributed by atoms with van der Waals surface area (Å²) in [6.07, 6.45) is -1.23. The van der Waals surface area contributed by atoms with Crippen molar-refractivity contribution in [1.82, 2.24) is 10.6 Å². The van der Waals surface area contributed by atoms with E-state index in [1.807, 2.05) is 0 Å². The van der Waals surface area contributed by atoms with Crippen molar-refractivity contribution in [1.29, 1.82) is 0 Å². The highest BCUT2D eigenvalue weighted by molar-refractivity contribution is 5.85. The van der Waals surface area contributed by atoms with Gasteiger partial charge in [-0.2, -0.15) is 13.2 Å². The van der Waals surface area contributed by atoms with Crippen molar-refractivity contribution in [3.63, 3.8) is 0 Å². The highest BCUT2D eigenvalue weighted by Crippen LogP contribution is 2.28. The lowest BCUT2D eigenvalue weighted by Crippen LogP contribution is -2.34. The Balaban J connectivity index is 0.00000338. The molecule has 0 spiro atoms. The molecule has 1 unspecified atom stereocenters. The summed E-state index contributed by atoms with van der Waals surface area (Å²) in [6, 6.07) is 5.97. The standard InChI is InChI=1S/C17H23F3N2O3.ClH/c18-17(19,20)12-25-15-6-2-1-5-14(15)24-11-16(23)22-9-7-13-4-3-8-21-10-13;/h1-2,5-6,13,21H,3-4,7-12H2,(H,22,23);1H. The third kappa shape index (κ3) is 8.62. The Morgan fingerprint density at radius 1 is 1.23 bits per heavy atom. The minimum absolute atomic E-state index is 0. The minimum Gasteiger partial charge on any atom is -0.480 e. The number of piperidine rings is 1. The highest BCUT2D eigenvalue weighted by atomic mass is 35.5. The molecule has 1 amide bonds. The number of para-hydroxylation sites is 2. The summed E-state index contributed by atoms with van der Waals surface area (Å²) in [6.45, 7) is 0.897. The molecule has 26 heavy (non-hydrogen) atoms. The van der Waals surface area contributed by atoms with Crippen molar-refractivity contribution in [3.8, 4) is 11.5 Å². The first-order valence-corrected chi connectivity index (χ1v) is 8.33. The Morgan fingerprint density at radius 2 is 1.92 bits per heavy atom. The number of carbonyl (C=O) groups excluding carboxylic acids is 1. The van der Waals surface area contributed by atoms with Crippen molar-refractivity contribution in [2.45, 2.75) is 25.4 Å². The predicted molar refractivity (Wildman–Crippen MR) is 94.0 cm³/mol. The van der Waals surface area contributed by atoms with E-state index < -0.39 is 12.8 Å². The van der Waals surface area contributed by atoms with Gasteiger partial charge in [0.25, 0.3) is 5.91 Å². The number of rotatable bonds is 8.